The van der Waals surface area contributed by atoms with E-state index in [4.69, 9.17) is 9.47 Å². The number of esters is 1. The molecule has 0 spiro atoms. The average molecular weight is 461 g/mol. The molecule has 172 valence electrons. The molecular weight excluding hydrogens is 432 g/mol. The monoisotopic (exact) mass is 460 g/mol. The highest BCUT2D eigenvalue weighted by molar-refractivity contribution is 7.89. The Morgan fingerprint density at radius 1 is 1.00 bits per heavy atom. The van der Waals surface area contributed by atoms with E-state index >= 15 is 0 Å². The maximum atomic E-state index is 12.9. The van der Waals surface area contributed by atoms with Crippen LogP contribution in [0.15, 0.2) is 41.3 Å². The fraction of sp³-hybridized carbons (Fsp3) is 0.391. The summed E-state index contributed by atoms with van der Waals surface area (Å²) in [5.41, 5.74) is 2.23. The summed E-state index contributed by atoms with van der Waals surface area (Å²) < 4.78 is 37.7. The Hall–Kier alpha value is -2.91. The zero-order valence-corrected chi connectivity index (χ0v) is 19.3. The first-order valence-electron chi connectivity index (χ1n) is 10.4. The van der Waals surface area contributed by atoms with Crippen molar-refractivity contribution in [1.82, 2.24) is 4.31 Å². The van der Waals surface area contributed by atoms with Crippen LogP contribution in [0.4, 0.5) is 5.69 Å². The van der Waals surface area contributed by atoms with E-state index in [1.165, 1.54) is 23.5 Å². The first-order valence-corrected chi connectivity index (χ1v) is 11.9. The van der Waals surface area contributed by atoms with Gasteiger partial charge in [-0.2, -0.15) is 4.31 Å². The van der Waals surface area contributed by atoms with E-state index in [9.17, 15) is 18.0 Å². The Kier molecular flexibility index (Phi) is 7.52. The van der Waals surface area contributed by atoms with Gasteiger partial charge in [-0.05, 0) is 62.1 Å². The minimum atomic E-state index is -3.61. The van der Waals surface area contributed by atoms with E-state index in [0.717, 1.165) is 30.4 Å². The summed E-state index contributed by atoms with van der Waals surface area (Å²) in [7, 11) is -2.32. The lowest BCUT2D eigenvalue weighted by Gasteiger charge is -2.26. The Bertz CT molecular complexity index is 1110. The molecule has 8 nitrogen and oxygen atoms in total. The van der Waals surface area contributed by atoms with Gasteiger partial charge in [0.15, 0.2) is 6.61 Å². The number of aryl methyl sites for hydroxylation is 2. The van der Waals surface area contributed by atoms with Crippen molar-refractivity contribution >= 4 is 27.6 Å². The molecule has 2 aromatic carbocycles. The number of nitrogens with zero attached hydrogens (tertiary/aromatic N) is 1. The predicted octanol–water partition coefficient (Wildman–Crippen LogP) is 3.28. The predicted molar refractivity (Wildman–Crippen MR) is 120 cm³/mol. The zero-order chi connectivity index (χ0) is 23.3. The van der Waals surface area contributed by atoms with Gasteiger partial charge in [0.2, 0.25) is 10.0 Å². The molecule has 1 aliphatic heterocycles. The number of nitrogens with one attached hydrogen (secondary N) is 1. The lowest BCUT2D eigenvalue weighted by molar-refractivity contribution is -0.118. The minimum absolute atomic E-state index is 0.155. The number of anilines is 1. The molecule has 2 aromatic rings. The Morgan fingerprint density at radius 3 is 2.38 bits per heavy atom. The zero-order valence-electron chi connectivity index (χ0n) is 18.5. The summed E-state index contributed by atoms with van der Waals surface area (Å²) in [6.07, 6.45) is 2.73. The lowest BCUT2D eigenvalue weighted by Crippen LogP contribution is -2.35. The molecule has 0 unspecified atom stereocenters. The Labute approximate surface area is 188 Å². The normalized spacial score (nSPS) is 14.6. The van der Waals surface area contributed by atoms with Crippen molar-refractivity contribution in [3.63, 3.8) is 0 Å². The van der Waals surface area contributed by atoms with Crippen molar-refractivity contribution in [3.8, 4) is 5.75 Å². The Morgan fingerprint density at radius 2 is 1.69 bits per heavy atom. The van der Waals surface area contributed by atoms with Gasteiger partial charge in [0, 0.05) is 18.8 Å². The summed E-state index contributed by atoms with van der Waals surface area (Å²) in [5.74, 6) is -0.550. The maximum absolute atomic E-state index is 12.9. The molecular formula is C23H28N2O6S. The number of rotatable bonds is 7. The molecule has 0 bridgehead atoms. The molecule has 0 aliphatic carbocycles. The third-order valence-corrected chi connectivity index (χ3v) is 7.30. The highest BCUT2D eigenvalue weighted by Crippen LogP contribution is 2.25. The number of ether oxygens (including phenoxy) is 2. The van der Waals surface area contributed by atoms with E-state index in [-0.39, 0.29) is 11.5 Å². The van der Waals surface area contributed by atoms with Gasteiger partial charge in [-0.25, -0.2) is 13.2 Å². The van der Waals surface area contributed by atoms with Crippen molar-refractivity contribution < 1.29 is 27.5 Å². The summed E-state index contributed by atoms with van der Waals surface area (Å²) >= 11 is 0. The molecule has 0 radical (unpaired) electrons. The second-order valence-corrected chi connectivity index (χ2v) is 9.69. The van der Waals surface area contributed by atoms with Gasteiger partial charge < -0.3 is 14.8 Å². The fourth-order valence-corrected chi connectivity index (χ4v) is 5.02. The van der Waals surface area contributed by atoms with E-state index in [1.54, 1.807) is 38.1 Å². The third kappa shape index (κ3) is 5.46. The molecule has 0 saturated carbocycles. The summed E-state index contributed by atoms with van der Waals surface area (Å²) in [6.45, 7) is 4.31. The molecule has 1 fully saturated rings. The van der Waals surface area contributed by atoms with Crippen LogP contribution in [0, 0.1) is 13.8 Å². The van der Waals surface area contributed by atoms with Crippen LogP contribution in [0.25, 0.3) is 0 Å². The Balaban J connectivity index is 1.70. The highest BCUT2D eigenvalue weighted by Gasteiger charge is 2.26. The number of amides is 1. The van der Waals surface area contributed by atoms with Crippen LogP contribution in [0.3, 0.4) is 0 Å². The molecule has 1 N–H and O–H groups in total. The fourth-order valence-electron chi connectivity index (χ4n) is 3.48. The first kappa shape index (κ1) is 23.7. The molecule has 1 amide bonds. The highest BCUT2D eigenvalue weighted by atomic mass is 32.2. The molecule has 9 heteroatoms. The standard InChI is InChI=1S/C23H28N2O6S/c1-16-8-10-19(32(28,29)25-11-5-4-6-12-25)14-20(16)24-22(26)15-31-21-13-18(23(27)30-3)9-7-17(21)2/h7-10,13-14H,4-6,11-12,15H2,1-3H3,(H,24,26). The number of methoxy groups -OCH3 is 1. The molecule has 1 heterocycles. The number of hydrogen-bond acceptors (Lipinski definition) is 6. The third-order valence-electron chi connectivity index (χ3n) is 5.40. The van der Waals surface area contributed by atoms with Gasteiger partial charge in [-0.3, -0.25) is 4.79 Å². The van der Waals surface area contributed by atoms with Crippen LogP contribution in [-0.2, 0) is 19.6 Å². The number of piperidine rings is 1. The number of sulfonamides is 1. The maximum Gasteiger partial charge on any atom is 0.337 e. The summed E-state index contributed by atoms with van der Waals surface area (Å²) in [5, 5.41) is 2.73. The van der Waals surface area contributed by atoms with Crippen LogP contribution in [-0.4, -0.2) is 51.4 Å². The summed E-state index contributed by atoms with van der Waals surface area (Å²) in [6, 6.07) is 9.57. The number of carbonyl (C=O) groups excluding carboxylic acids is 2. The molecule has 1 aliphatic rings. The van der Waals surface area contributed by atoms with Gasteiger partial charge in [-0.1, -0.05) is 18.6 Å². The van der Waals surface area contributed by atoms with Crippen LogP contribution in [0.5, 0.6) is 5.75 Å². The quantitative estimate of drug-likeness (QED) is 0.636. The lowest BCUT2D eigenvalue weighted by atomic mass is 10.1. The van der Waals surface area contributed by atoms with Crippen molar-refractivity contribution in [3.05, 3.63) is 53.1 Å². The van der Waals surface area contributed by atoms with Crippen molar-refractivity contribution in [2.75, 3.05) is 32.1 Å². The van der Waals surface area contributed by atoms with Gasteiger partial charge in [0.05, 0.1) is 17.6 Å². The second kappa shape index (κ2) is 10.1. The second-order valence-electron chi connectivity index (χ2n) is 7.75. The molecule has 1 saturated heterocycles. The van der Waals surface area contributed by atoms with Crippen LogP contribution >= 0.6 is 0 Å². The summed E-state index contributed by atoms with van der Waals surface area (Å²) in [4.78, 5) is 24.4. The largest absolute Gasteiger partial charge is 0.483 e. The van der Waals surface area contributed by atoms with Gasteiger partial charge in [0.25, 0.3) is 5.91 Å². The van der Waals surface area contributed by atoms with Crippen molar-refractivity contribution in [2.24, 2.45) is 0 Å². The van der Waals surface area contributed by atoms with Crippen LogP contribution in [0.2, 0.25) is 0 Å². The van der Waals surface area contributed by atoms with Gasteiger partial charge >= 0.3 is 5.97 Å². The van der Waals surface area contributed by atoms with Crippen molar-refractivity contribution in [1.29, 1.82) is 0 Å². The molecule has 32 heavy (non-hydrogen) atoms. The van der Waals surface area contributed by atoms with E-state index < -0.39 is 21.9 Å². The van der Waals surface area contributed by atoms with Gasteiger partial charge in [0.1, 0.15) is 5.75 Å². The van der Waals surface area contributed by atoms with Gasteiger partial charge in [-0.15, -0.1) is 0 Å². The number of benzene rings is 2. The minimum Gasteiger partial charge on any atom is -0.483 e. The van der Waals surface area contributed by atoms with Crippen molar-refractivity contribution in [2.45, 2.75) is 38.0 Å². The SMILES string of the molecule is COC(=O)c1ccc(C)c(OCC(=O)Nc2cc(S(=O)(=O)N3CCCCC3)ccc2C)c1. The van der Waals surface area contributed by atoms with E-state index in [2.05, 4.69) is 5.32 Å². The number of carbonyl (C=O) groups is 2. The van der Waals surface area contributed by atoms with Crippen LogP contribution in [0.1, 0.15) is 40.7 Å². The first-order chi connectivity index (χ1) is 15.2. The molecule has 0 atom stereocenters. The molecule has 0 aromatic heterocycles. The smallest absolute Gasteiger partial charge is 0.337 e. The number of hydrogen-bond donors (Lipinski definition) is 1. The topological polar surface area (TPSA) is 102 Å². The van der Waals surface area contributed by atoms with Crippen LogP contribution < -0.4 is 10.1 Å². The average Bonchev–Trinajstić information content (AvgIpc) is 2.80. The van der Waals surface area contributed by atoms with E-state index in [1.807, 2.05) is 0 Å². The molecule has 3 rings (SSSR count). The van der Waals surface area contributed by atoms with E-state index in [0.29, 0.717) is 30.1 Å².